The van der Waals surface area contributed by atoms with Crippen LogP contribution in [0.5, 0.6) is 0 Å². The SMILES string of the molecule is CC(=O)NC1[C@H](OCCCCC(=O)CCCCCC(=O)CCOCC(COCCC(=O)CCCCCC(=O)CCCCO[C@@H]2OC(COC(C)=O)[C@H](C)[C@H](C)C2C)(COCCC(=O)NCCCNC(=O)CCCCO[C@@H]2OC(COC(C)=O)[C@H](C)[C@H](C)C2NC(C)=O)NC(=O)CCCC(=O)O)OC(COC(C)=O)[C@H](C)[C@@H]1C. The van der Waals surface area contributed by atoms with Crippen molar-refractivity contribution in [2.45, 2.75) is 305 Å². The van der Waals surface area contributed by atoms with E-state index < -0.39 is 72.5 Å². The van der Waals surface area contributed by atoms with Gasteiger partial charge in [0.25, 0.3) is 0 Å². The fraction of sp³-hybridized carbons (Fsp3) is 0.840. The lowest BCUT2D eigenvalue weighted by molar-refractivity contribution is -0.255. The maximum atomic E-state index is 13.6. The van der Waals surface area contributed by atoms with Gasteiger partial charge < -0.3 is 88.5 Å². The molecule has 3 aliphatic rings. The third-order valence-corrected chi connectivity index (χ3v) is 21.3. The first-order valence-corrected chi connectivity index (χ1v) is 40.9. The standard InChI is InChI=1S/C81H137N5O26/c1-53-54(2)69(47-107-62(10)89)110-78(59(53)7)104-41-22-19-31-65(92)27-15-13-17-29-67(94)36-44-101-50-81(86-74(98)34-25-35-75(99)100,51-102-45-37-68(95)30-18-14-16-28-66(93)32-20-23-42-105-79-76(84-60(8)87)57(5)55(3)70(111-79)48-108-63(11)90)52-103-46-38-73(97)83-40-26-39-82-72(96)33-21-24-43-106-80-77(85-61(9)88)58(6)56(4)71(112-80)49-109-64(12)91/h53-59,69-71,76-80H,13-52H2,1-12H3,(H,82,96)(H,83,97)(H,84,87)(H,85,88)(H,86,98)(H,99,100)/t53-,54+,55+,56+,57-,58-,59?,69?,70?,71?,76?,77?,78+,79+,80+,81?/m0/s1. The van der Waals surface area contributed by atoms with Gasteiger partial charge in [0.1, 0.15) is 48.5 Å². The van der Waals surface area contributed by atoms with Gasteiger partial charge in [0, 0.05) is 150 Å². The third-order valence-electron chi connectivity index (χ3n) is 21.3. The Bertz CT molecular complexity index is 2750. The molecule has 3 aliphatic heterocycles. The van der Waals surface area contributed by atoms with Gasteiger partial charge in [-0.2, -0.15) is 0 Å². The number of esters is 3. The van der Waals surface area contributed by atoms with Gasteiger partial charge >= 0.3 is 23.9 Å². The van der Waals surface area contributed by atoms with Gasteiger partial charge in [0.2, 0.25) is 29.5 Å². The van der Waals surface area contributed by atoms with Crippen LogP contribution in [0.3, 0.4) is 0 Å². The van der Waals surface area contributed by atoms with E-state index in [1.807, 2.05) is 27.7 Å². The van der Waals surface area contributed by atoms with Crippen LogP contribution < -0.4 is 26.6 Å². The summed E-state index contributed by atoms with van der Waals surface area (Å²) in [4.78, 5) is 161. The molecule has 0 spiro atoms. The van der Waals surface area contributed by atoms with Crippen molar-refractivity contribution < 1.29 is 124 Å². The van der Waals surface area contributed by atoms with Gasteiger partial charge in [-0.25, -0.2) is 0 Å². The van der Waals surface area contributed by atoms with E-state index in [-0.39, 0.29) is 231 Å². The third kappa shape index (κ3) is 42.8. The largest absolute Gasteiger partial charge is 0.481 e. The molecule has 0 aromatic heterocycles. The van der Waals surface area contributed by atoms with Crippen LogP contribution in [0.4, 0.5) is 0 Å². The second kappa shape index (κ2) is 56.7. The normalized spacial score (nSPS) is 24.1. The number of unbranched alkanes of at least 4 members (excludes halogenated alkanes) is 7. The van der Waals surface area contributed by atoms with Gasteiger partial charge in [-0.15, -0.1) is 0 Å². The van der Waals surface area contributed by atoms with E-state index in [0.29, 0.717) is 128 Å². The van der Waals surface area contributed by atoms with Crippen LogP contribution in [0.1, 0.15) is 250 Å². The van der Waals surface area contributed by atoms with E-state index in [1.54, 1.807) is 0 Å². The Hall–Kier alpha value is -6.45. The molecule has 0 aromatic rings. The molecule has 5 amide bonds. The van der Waals surface area contributed by atoms with Crippen molar-refractivity contribution in [1.29, 1.82) is 0 Å². The van der Waals surface area contributed by atoms with Crippen molar-refractivity contribution in [1.82, 2.24) is 26.6 Å². The summed E-state index contributed by atoms with van der Waals surface area (Å²) < 4.78 is 70.6. The minimum absolute atomic E-state index is 0.0259. The van der Waals surface area contributed by atoms with Crippen molar-refractivity contribution >= 4 is 76.5 Å². The number of carbonyl (C=O) groups is 13. The van der Waals surface area contributed by atoms with Crippen molar-refractivity contribution in [3.8, 4) is 0 Å². The van der Waals surface area contributed by atoms with E-state index in [9.17, 15) is 67.4 Å². The number of amides is 5. The molecule has 6 N–H and O–H groups in total. The van der Waals surface area contributed by atoms with Gasteiger partial charge in [0.05, 0.1) is 70.0 Å². The summed E-state index contributed by atoms with van der Waals surface area (Å²) in [5.41, 5.74) is -1.42. The molecule has 0 bridgehead atoms. The Morgan fingerprint density at radius 2 is 0.661 bits per heavy atom. The molecule has 7 unspecified atom stereocenters. The summed E-state index contributed by atoms with van der Waals surface area (Å²) in [5.74, 6) is -3.25. The van der Waals surface area contributed by atoms with Gasteiger partial charge in [0.15, 0.2) is 18.9 Å². The minimum atomic E-state index is -1.42. The number of hydrogen-bond donors (Lipinski definition) is 6. The van der Waals surface area contributed by atoms with Crippen molar-refractivity contribution in [2.75, 3.05) is 92.4 Å². The summed E-state index contributed by atoms with van der Waals surface area (Å²) in [6.07, 6.45) is 6.40. The number of Topliss-reactive ketones (excluding diaryl/α,β-unsaturated/α-hetero) is 4. The second-order valence-corrected chi connectivity index (χ2v) is 30.8. The zero-order valence-electron chi connectivity index (χ0n) is 69.1. The van der Waals surface area contributed by atoms with Crippen LogP contribution in [0, 0.1) is 41.4 Å². The maximum absolute atomic E-state index is 13.6. The molecule has 642 valence electrons. The molecule has 3 rings (SSSR count). The molecule has 0 saturated carbocycles. The molecule has 0 aromatic carbocycles. The second-order valence-electron chi connectivity index (χ2n) is 30.8. The summed E-state index contributed by atoms with van der Waals surface area (Å²) in [7, 11) is 0. The number of aliphatic carboxylic acids is 1. The molecule has 112 heavy (non-hydrogen) atoms. The zero-order valence-corrected chi connectivity index (χ0v) is 69.1. The Labute approximate surface area is 663 Å². The van der Waals surface area contributed by atoms with E-state index in [4.69, 9.17) is 56.8 Å². The van der Waals surface area contributed by atoms with Crippen LogP contribution in [0.2, 0.25) is 0 Å². The fourth-order valence-corrected chi connectivity index (χ4v) is 13.6. The smallest absolute Gasteiger partial charge is 0.303 e. The van der Waals surface area contributed by atoms with Crippen molar-refractivity contribution in [3.05, 3.63) is 0 Å². The number of rotatable bonds is 62. The highest BCUT2D eigenvalue weighted by atomic mass is 16.7. The Morgan fingerprint density at radius 1 is 0.330 bits per heavy atom. The summed E-state index contributed by atoms with van der Waals surface area (Å²) in [6, 6.07) is -0.838. The topological polar surface area (TPSA) is 413 Å². The summed E-state index contributed by atoms with van der Waals surface area (Å²) >= 11 is 0. The number of nitrogens with one attached hydrogen (secondary N) is 5. The molecular formula is C81H137N5O26. The molecule has 3 fully saturated rings. The molecule has 3 saturated heterocycles. The lowest BCUT2D eigenvalue weighted by Crippen LogP contribution is -2.58. The van der Waals surface area contributed by atoms with Crippen molar-refractivity contribution in [2.24, 2.45) is 41.4 Å². The Balaban J connectivity index is 1.50. The van der Waals surface area contributed by atoms with Crippen LogP contribution in [0.25, 0.3) is 0 Å². The number of carbonyl (C=O) groups excluding carboxylic acids is 12. The number of carboxylic acid groups (broad SMARTS) is 1. The first kappa shape index (κ1) is 99.7. The lowest BCUT2D eigenvalue weighted by Gasteiger charge is -2.44. The molecule has 3 heterocycles. The predicted molar refractivity (Wildman–Crippen MR) is 410 cm³/mol. The highest BCUT2D eigenvalue weighted by Crippen LogP contribution is 2.37. The zero-order chi connectivity index (χ0) is 83.0. The predicted octanol–water partition coefficient (Wildman–Crippen LogP) is 8.00. The molecule has 31 nitrogen and oxygen atoms in total. The molecular weight excluding hydrogens is 1460 g/mol. The molecule has 16 atom stereocenters. The highest BCUT2D eigenvalue weighted by molar-refractivity contribution is 5.81. The molecule has 0 aliphatic carbocycles. The monoisotopic (exact) mass is 1600 g/mol. The fourth-order valence-electron chi connectivity index (χ4n) is 13.6. The average molecular weight is 1600 g/mol. The summed E-state index contributed by atoms with van der Waals surface area (Å²) in [6.45, 7) is 22.0. The van der Waals surface area contributed by atoms with Gasteiger partial charge in [-0.1, -0.05) is 61.3 Å². The number of carboxylic acids is 1. The van der Waals surface area contributed by atoms with Gasteiger partial charge in [-0.05, 0) is 113 Å². The Kier molecular flexibility index (Phi) is 50.5. The van der Waals surface area contributed by atoms with Gasteiger partial charge in [-0.3, -0.25) is 62.3 Å². The molecule has 0 radical (unpaired) electrons. The van der Waals surface area contributed by atoms with Crippen LogP contribution in [-0.4, -0.2) is 229 Å². The number of hydrogen-bond acceptors (Lipinski definition) is 25. The number of ketones is 4. The minimum Gasteiger partial charge on any atom is -0.481 e. The molecule has 31 heteroatoms. The van der Waals surface area contributed by atoms with Crippen LogP contribution >= 0.6 is 0 Å². The Morgan fingerprint density at radius 3 is 1.04 bits per heavy atom. The number of ether oxygens (including phenoxy) is 12. The summed E-state index contributed by atoms with van der Waals surface area (Å²) in [5, 5.41) is 23.8. The van der Waals surface area contributed by atoms with Crippen molar-refractivity contribution in [3.63, 3.8) is 0 Å². The van der Waals surface area contributed by atoms with Crippen LogP contribution in [-0.2, 0) is 119 Å². The van der Waals surface area contributed by atoms with E-state index in [0.717, 1.165) is 0 Å². The highest BCUT2D eigenvalue weighted by Gasteiger charge is 2.45. The quantitative estimate of drug-likeness (QED) is 0.0191. The first-order chi connectivity index (χ1) is 53.3. The van der Waals surface area contributed by atoms with E-state index in [1.165, 1.54) is 34.6 Å². The average Bonchev–Trinajstić information content (AvgIpc) is 0.892. The lowest BCUT2D eigenvalue weighted by atomic mass is 9.79. The maximum Gasteiger partial charge on any atom is 0.303 e. The van der Waals surface area contributed by atoms with Crippen LogP contribution in [0.15, 0.2) is 0 Å². The van der Waals surface area contributed by atoms with E-state index in [2.05, 4.69) is 47.4 Å². The first-order valence-electron chi connectivity index (χ1n) is 40.9. The van der Waals surface area contributed by atoms with E-state index >= 15 is 0 Å².